The zero-order valence-corrected chi connectivity index (χ0v) is 15.2. The Bertz CT molecular complexity index is 522. The second kappa shape index (κ2) is 9.63. The number of nitrogens with zero attached hydrogens (tertiary/aromatic N) is 2. The topological polar surface area (TPSA) is 35.8 Å². The van der Waals surface area contributed by atoms with Gasteiger partial charge >= 0.3 is 0 Å². The fourth-order valence-electron chi connectivity index (χ4n) is 3.00. The highest BCUT2D eigenvalue weighted by Crippen LogP contribution is 2.23. The maximum atomic E-state index is 10.5. The minimum atomic E-state index is -0.298. The quantitative estimate of drug-likeness (QED) is 0.761. The van der Waals surface area contributed by atoms with Crippen LogP contribution in [0.25, 0.3) is 0 Å². The van der Waals surface area contributed by atoms with Crippen LogP contribution in [-0.4, -0.2) is 48.5 Å². The number of aliphatic hydroxyl groups excluding tert-OH is 1. The average molecular weight is 357 g/mol. The molecule has 0 aliphatic carbocycles. The Morgan fingerprint density at radius 3 is 2.78 bits per heavy atom. The fourth-order valence-corrected chi connectivity index (χ4v) is 3.32. The Morgan fingerprint density at radius 2 is 2.13 bits per heavy atom. The maximum absolute atomic E-state index is 10.5. The van der Waals surface area contributed by atoms with Crippen LogP contribution in [0.5, 0.6) is 0 Å². The van der Waals surface area contributed by atoms with Crippen LogP contribution >= 0.6 is 23.2 Å². The first-order valence-corrected chi connectivity index (χ1v) is 9.18. The molecule has 0 radical (unpaired) electrons. The maximum Gasteiger partial charge on any atom is 0.0713 e. The highest BCUT2D eigenvalue weighted by molar-refractivity contribution is 6.42. The van der Waals surface area contributed by atoms with E-state index in [0.717, 1.165) is 51.9 Å². The van der Waals surface area contributed by atoms with E-state index in [1.54, 1.807) is 0 Å². The van der Waals surface area contributed by atoms with Crippen LogP contribution in [0.1, 0.15) is 31.7 Å². The molecule has 1 heterocycles. The molecule has 1 aliphatic heterocycles. The predicted molar refractivity (Wildman–Crippen MR) is 99.0 cm³/mol. The van der Waals surface area contributed by atoms with Gasteiger partial charge < -0.3 is 10.0 Å². The number of aliphatic hydroxyl groups is 1. The van der Waals surface area contributed by atoms with Crippen LogP contribution in [0.15, 0.2) is 23.2 Å². The van der Waals surface area contributed by atoms with Crippen molar-refractivity contribution in [2.45, 2.75) is 38.7 Å². The second-order valence-electron chi connectivity index (χ2n) is 6.25. The lowest BCUT2D eigenvalue weighted by Gasteiger charge is -2.29. The summed E-state index contributed by atoms with van der Waals surface area (Å²) >= 11 is 12.0. The van der Waals surface area contributed by atoms with Crippen molar-refractivity contribution in [3.63, 3.8) is 0 Å². The van der Waals surface area contributed by atoms with Crippen molar-refractivity contribution in [3.05, 3.63) is 33.8 Å². The van der Waals surface area contributed by atoms with Gasteiger partial charge in [-0.3, -0.25) is 4.99 Å². The third-order valence-electron chi connectivity index (χ3n) is 4.37. The van der Waals surface area contributed by atoms with Crippen molar-refractivity contribution in [1.29, 1.82) is 0 Å². The van der Waals surface area contributed by atoms with E-state index in [1.165, 1.54) is 5.56 Å². The summed E-state index contributed by atoms with van der Waals surface area (Å²) in [4.78, 5) is 6.65. The van der Waals surface area contributed by atoms with Crippen LogP contribution in [0.4, 0.5) is 0 Å². The van der Waals surface area contributed by atoms with Gasteiger partial charge in [-0.25, -0.2) is 0 Å². The number of aliphatic imine (C=N–C) groups is 1. The fraction of sp³-hybridized carbons (Fsp3) is 0.611. The van der Waals surface area contributed by atoms with E-state index in [-0.39, 0.29) is 6.10 Å². The summed E-state index contributed by atoms with van der Waals surface area (Å²) in [5.74, 6) is 0.296. The van der Waals surface area contributed by atoms with Gasteiger partial charge in [0.2, 0.25) is 0 Å². The molecule has 0 amide bonds. The number of benzene rings is 1. The van der Waals surface area contributed by atoms with Crippen molar-refractivity contribution < 1.29 is 5.11 Å². The molecule has 128 valence electrons. The molecule has 0 bridgehead atoms. The Morgan fingerprint density at radius 1 is 1.30 bits per heavy atom. The summed E-state index contributed by atoms with van der Waals surface area (Å²) in [6.45, 7) is 5.56. The van der Waals surface area contributed by atoms with Crippen molar-refractivity contribution >= 4 is 29.4 Å². The van der Waals surface area contributed by atoms with Gasteiger partial charge in [-0.2, -0.15) is 0 Å². The molecule has 5 heteroatoms. The molecule has 0 saturated heterocycles. The van der Waals surface area contributed by atoms with Crippen molar-refractivity contribution in [2.75, 3.05) is 26.2 Å². The Balaban J connectivity index is 1.87. The number of hydrogen-bond donors (Lipinski definition) is 1. The molecule has 23 heavy (non-hydrogen) atoms. The normalized spacial score (nSPS) is 19.3. The predicted octanol–water partition coefficient (Wildman–Crippen LogP) is 4.09. The van der Waals surface area contributed by atoms with Crippen molar-refractivity contribution in [3.8, 4) is 0 Å². The average Bonchev–Trinajstić information content (AvgIpc) is 2.56. The summed E-state index contributed by atoms with van der Waals surface area (Å²) in [5, 5.41) is 11.7. The Labute approximate surface area is 149 Å². The Kier molecular flexibility index (Phi) is 7.84. The molecule has 1 aliphatic rings. The summed E-state index contributed by atoms with van der Waals surface area (Å²) in [6, 6.07) is 5.79. The first-order valence-electron chi connectivity index (χ1n) is 8.42. The van der Waals surface area contributed by atoms with E-state index in [4.69, 9.17) is 23.2 Å². The van der Waals surface area contributed by atoms with Gasteiger partial charge in [0.15, 0.2) is 0 Å². The molecule has 2 atom stereocenters. The number of halogens is 2. The van der Waals surface area contributed by atoms with Gasteiger partial charge in [-0.05, 0) is 56.1 Å². The molecule has 2 rings (SSSR count). The van der Waals surface area contributed by atoms with Crippen LogP contribution < -0.4 is 0 Å². The summed E-state index contributed by atoms with van der Waals surface area (Å²) < 4.78 is 0. The van der Waals surface area contributed by atoms with Crippen LogP contribution in [0.3, 0.4) is 0 Å². The molecule has 2 unspecified atom stereocenters. The molecular weight excluding hydrogens is 331 g/mol. The van der Waals surface area contributed by atoms with Crippen molar-refractivity contribution in [1.82, 2.24) is 4.90 Å². The van der Waals surface area contributed by atoms with Gasteiger partial charge in [0.1, 0.15) is 0 Å². The first-order chi connectivity index (χ1) is 11.1. The third-order valence-corrected chi connectivity index (χ3v) is 5.10. The molecule has 3 nitrogen and oxygen atoms in total. The SMILES string of the molecule is CCCN(CCc1ccc(Cl)c(Cl)c1)CC(O)C1CCC=NC1. The van der Waals surface area contributed by atoms with E-state index in [1.807, 2.05) is 24.4 Å². The minimum Gasteiger partial charge on any atom is -0.391 e. The van der Waals surface area contributed by atoms with Crippen LogP contribution in [0, 0.1) is 5.92 Å². The van der Waals surface area contributed by atoms with Crippen LogP contribution in [-0.2, 0) is 6.42 Å². The molecule has 1 N–H and O–H groups in total. The van der Waals surface area contributed by atoms with E-state index in [2.05, 4.69) is 16.8 Å². The summed E-state index contributed by atoms with van der Waals surface area (Å²) in [7, 11) is 0. The molecule has 0 saturated carbocycles. The number of hydrogen-bond acceptors (Lipinski definition) is 3. The van der Waals surface area contributed by atoms with E-state index in [9.17, 15) is 5.11 Å². The zero-order valence-electron chi connectivity index (χ0n) is 13.7. The van der Waals surface area contributed by atoms with E-state index < -0.39 is 0 Å². The highest BCUT2D eigenvalue weighted by Gasteiger charge is 2.22. The highest BCUT2D eigenvalue weighted by atomic mass is 35.5. The van der Waals surface area contributed by atoms with Gasteiger partial charge in [-0.15, -0.1) is 0 Å². The van der Waals surface area contributed by atoms with E-state index in [0.29, 0.717) is 16.0 Å². The molecule has 0 aromatic heterocycles. The Hall–Kier alpha value is -0.610. The van der Waals surface area contributed by atoms with Crippen molar-refractivity contribution in [2.24, 2.45) is 10.9 Å². The minimum absolute atomic E-state index is 0.296. The second-order valence-corrected chi connectivity index (χ2v) is 7.07. The van der Waals surface area contributed by atoms with Crippen LogP contribution in [0.2, 0.25) is 10.0 Å². The molecule has 0 fully saturated rings. The zero-order chi connectivity index (χ0) is 16.7. The third kappa shape index (κ3) is 6.07. The standard InChI is InChI=1S/C18H26Cl2N2O/c1-2-9-22(13-18(23)15-4-3-8-21-12-15)10-7-14-5-6-16(19)17(20)11-14/h5-6,8,11,15,18,23H,2-4,7,9-10,12-13H2,1H3. The first kappa shape index (κ1) is 18.7. The molecule has 0 spiro atoms. The van der Waals surface area contributed by atoms with Gasteiger partial charge in [-0.1, -0.05) is 36.2 Å². The molecule has 1 aromatic rings. The smallest absolute Gasteiger partial charge is 0.0713 e. The van der Waals surface area contributed by atoms with Gasteiger partial charge in [0.05, 0.1) is 16.1 Å². The monoisotopic (exact) mass is 356 g/mol. The van der Waals surface area contributed by atoms with Gasteiger partial charge in [0.25, 0.3) is 0 Å². The molecular formula is C18H26Cl2N2O. The van der Waals surface area contributed by atoms with E-state index >= 15 is 0 Å². The largest absolute Gasteiger partial charge is 0.391 e. The number of rotatable bonds is 8. The lowest BCUT2D eigenvalue weighted by molar-refractivity contribution is 0.0629. The summed E-state index contributed by atoms with van der Waals surface area (Å²) in [5.41, 5.74) is 1.18. The lowest BCUT2D eigenvalue weighted by atomic mass is 9.94. The lowest BCUT2D eigenvalue weighted by Crippen LogP contribution is -2.39. The molecule has 1 aromatic carbocycles. The summed E-state index contributed by atoms with van der Waals surface area (Å²) in [6.07, 6.45) is 5.68. The van der Waals surface area contributed by atoms with Gasteiger partial charge in [0, 0.05) is 25.6 Å².